The fourth-order valence-corrected chi connectivity index (χ4v) is 3.10. The maximum Gasteiger partial charge on any atom is -0.000125 e. The van der Waals surface area contributed by atoms with Gasteiger partial charge in [0.25, 0.3) is 0 Å². The Morgan fingerprint density at radius 2 is 1.69 bits per heavy atom. The minimum Gasteiger partial charge on any atom is -0.0995 e. The van der Waals surface area contributed by atoms with Crippen LogP contribution in [0.5, 0.6) is 0 Å². The van der Waals surface area contributed by atoms with Crippen molar-refractivity contribution in [3.05, 3.63) is 24.3 Å². The van der Waals surface area contributed by atoms with E-state index in [1.807, 2.05) is 0 Å². The lowest BCUT2D eigenvalue weighted by Gasteiger charge is -2.35. The first-order valence-corrected chi connectivity index (χ1v) is 6.72. The van der Waals surface area contributed by atoms with Crippen molar-refractivity contribution in [2.75, 3.05) is 0 Å². The van der Waals surface area contributed by atoms with Gasteiger partial charge in [0.1, 0.15) is 0 Å². The molecule has 1 saturated carbocycles. The van der Waals surface area contributed by atoms with Crippen molar-refractivity contribution in [1.29, 1.82) is 0 Å². The molecule has 0 bridgehead atoms. The largest absolute Gasteiger partial charge is 0.0995 e. The molecule has 0 amide bonds. The predicted octanol–water partition coefficient (Wildman–Crippen LogP) is 5.22. The molecule has 0 radical (unpaired) electrons. The molecular weight excluding hydrogens is 192 g/mol. The summed E-state index contributed by atoms with van der Waals surface area (Å²) in [4.78, 5) is 0. The van der Waals surface area contributed by atoms with Crippen LogP contribution in [0.1, 0.15) is 53.4 Å². The average molecular weight is 220 g/mol. The van der Waals surface area contributed by atoms with Crippen LogP contribution in [-0.4, -0.2) is 0 Å². The molecule has 0 aliphatic heterocycles. The minimum atomic E-state index is 0.540. The Kier molecular flexibility index (Phi) is 4.83. The Balaban J connectivity index is 2.62. The van der Waals surface area contributed by atoms with Crippen LogP contribution in [0.15, 0.2) is 24.3 Å². The van der Waals surface area contributed by atoms with Crippen LogP contribution in [-0.2, 0) is 0 Å². The minimum absolute atomic E-state index is 0.540. The summed E-state index contributed by atoms with van der Waals surface area (Å²) < 4.78 is 0. The van der Waals surface area contributed by atoms with Crippen molar-refractivity contribution < 1.29 is 0 Å². The second-order valence-corrected chi connectivity index (χ2v) is 6.14. The van der Waals surface area contributed by atoms with Crippen LogP contribution < -0.4 is 0 Å². The normalized spacial score (nSPS) is 30.4. The van der Waals surface area contributed by atoms with Crippen LogP contribution >= 0.6 is 0 Å². The summed E-state index contributed by atoms with van der Waals surface area (Å²) in [6.45, 7) is 17.4. The van der Waals surface area contributed by atoms with Crippen LogP contribution in [0.2, 0.25) is 0 Å². The van der Waals surface area contributed by atoms with Gasteiger partial charge in [-0.2, -0.15) is 0 Å². The van der Waals surface area contributed by atoms with Crippen LogP contribution in [0.4, 0.5) is 0 Å². The monoisotopic (exact) mass is 220 g/mol. The molecule has 0 aromatic heterocycles. The summed E-state index contributed by atoms with van der Waals surface area (Å²) in [5.41, 5.74) is 2.58. The maximum atomic E-state index is 4.13. The summed E-state index contributed by atoms with van der Waals surface area (Å²) >= 11 is 0. The smallest absolute Gasteiger partial charge is 0.000125 e. The molecule has 1 aliphatic rings. The molecule has 16 heavy (non-hydrogen) atoms. The summed E-state index contributed by atoms with van der Waals surface area (Å²) in [6.07, 6.45) is 5.50. The van der Waals surface area contributed by atoms with Gasteiger partial charge in [-0.1, -0.05) is 51.0 Å². The molecule has 0 saturated heterocycles. The van der Waals surface area contributed by atoms with E-state index in [9.17, 15) is 0 Å². The van der Waals surface area contributed by atoms with Gasteiger partial charge in [-0.25, -0.2) is 0 Å². The van der Waals surface area contributed by atoms with E-state index in [4.69, 9.17) is 0 Å². The SMILES string of the molecule is C=C(C)C(CC1CC(C)CCC1C)C(=C)C. The van der Waals surface area contributed by atoms with Gasteiger partial charge >= 0.3 is 0 Å². The quantitative estimate of drug-likeness (QED) is 0.570. The fraction of sp³-hybridized carbons (Fsp3) is 0.750. The molecule has 0 heteroatoms. The van der Waals surface area contributed by atoms with E-state index < -0.39 is 0 Å². The molecule has 3 atom stereocenters. The topological polar surface area (TPSA) is 0 Å². The van der Waals surface area contributed by atoms with E-state index >= 15 is 0 Å². The molecule has 0 N–H and O–H groups in total. The lowest BCUT2D eigenvalue weighted by Crippen LogP contribution is -2.24. The maximum absolute atomic E-state index is 4.13. The summed E-state index contributed by atoms with van der Waals surface area (Å²) in [6, 6.07) is 0. The first kappa shape index (κ1) is 13.5. The zero-order valence-electron chi connectivity index (χ0n) is 11.6. The zero-order valence-corrected chi connectivity index (χ0v) is 11.6. The molecule has 0 aromatic rings. The molecule has 1 fully saturated rings. The average Bonchev–Trinajstić information content (AvgIpc) is 2.18. The van der Waals surface area contributed by atoms with E-state index in [0.29, 0.717) is 5.92 Å². The number of allylic oxidation sites excluding steroid dienone is 2. The highest BCUT2D eigenvalue weighted by Crippen LogP contribution is 2.39. The highest BCUT2D eigenvalue weighted by molar-refractivity contribution is 5.13. The second-order valence-electron chi connectivity index (χ2n) is 6.14. The predicted molar refractivity (Wildman–Crippen MR) is 73.4 cm³/mol. The van der Waals surface area contributed by atoms with Gasteiger partial charge < -0.3 is 0 Å². The Bertz CT molecular complexity index is 247. The summed E-state index contributed by atoms with van der Waals surface area (Å²) in [5.74, 6) is 3.22. The highest BCUT2D eigenvalue weighted by Gasteiger charge is 2.28. The van der Waals surface area contributed by atoms with Crippen molar-refractivity contribution in [3.63, 3.8) is 0 Å². The number of rotatable bonds is 4. The van der Waals surface area contributed by atoms with Crippen molar-refractivity contribution in [1.82, 2.24) is 0 Å². The number of hydrogen-bond acceptors (Lipinski definition) is 0. The van der Waals surface area contributed by atoms with Gasteiger partial charge in [0.2, 0.25) is 0 Å². The molecule has 0 spiro atoms. The molecule has 3 unspecified atom stereocenters. The van der Waals surface area contributed by atoms with E-state index in [1.165, 1.54) is 36.8 Å². The van der Waals surface area contributed by atoms with Gasteiger partial charge in [-0.15, -0.1) is 0 Å². The third kappa shape index (κ3) is 3.50. The van der Waals surface area contributed by atoms with E-state index in [-0.39, 0.29) is 0 Å². The van der Waals surface area contributed by atoms with Gasteiger partial charge in [-0.05, 0) is 50.4 Å². The van der Waals surface area contributed by atoms with Gasteiger partial charge in [0.15, 0.2) is 0 Å². The Labute approximate surface area is 102 Å². The van der Waals surface area contributed by atoms with Gasteiger partial charge in [-0.3, -0.25) is 0 Å². The van der Waals surface area contributed by atoms with E-state index in [1.54, 1.807) is 0 Å². The van der Waals surface area contributed by atoms with Crippen LogP contribution in [0.3, 0.4) is 0 Å². The van der Waals surface area contributed by atoms with Crippen molar-refractivity contribution in [2.45, 2.75) is 53.4 Å². The Morgan fingerprint density at radius 3 is 2.19 bits per heavy atom. The Hall–Kier alpha value is -0.520. The van der Waals surface area contributed by atoms with E-state index in [2.05, 4.69) is 40.9 Å². The molecule has 1 rings (SSSR count). The van der Waals surface area contributed by atoms with Gasteiger partial charge in [0.05, 0.1) is 0 Å². The fourth-order valence-electron chi connectivity index (χ4n) is 3.10. The lowest BCUT2D eigenvalue weighted by molar-refractivity contribution is 0.182. The standard InChI is InChI=1S/C16H28/c1-11(2)16(12(3)4)10-15-9-13(5)7-8-14(15)6/h13-16H,1,3,7-10H2,2,4-6H3. The van der Waals surface area contributed by atoms with Crippen molar-refractivity contribution >= 4 is 0 Å². The zero-order chi connectivity index (χ0) is 12.3. The lowest BCUT2D eigenvalue weighted by atomic mass is 9.70. The van der Waals surface area contributed by atoms with Crippen LogP contribution in [0, 0.1) is 23.7 Å². The van der Waals surface area contributed by atoms with Crippen molar-refractivity contribution in [2.24, 2.45) is 23.7 Å². The third-order valence-electron chi connectivity index (χ3n) is 4.35. The van der Waals surface area contributed by atoms with Crippen molar-refractivity contribution in [3.8, 4) is 0 Å². The van der Waals surface area contributed by atoms with E-state index in [0.717, 1.165) is 17.8 Å². The molecule has 0 aromatic carbocycles. The molecule has 0 heterocycles. The first-order chi connectivity index (χ1) is 7.41. The number of hydrogen-bond donors (Lipinski definition) is 0. The molecule has 92 valence electrons. The molecular formula is C16H28. The van der Waals surface area contributed by atoms with Crippen LogP contribution in [0.25, 0.3) is 0 Å². The summed E-state index contributed by atoms with van der Waals surface area (Å²) in [7, 11) is 0. The third-order valence-corrected chi connectivity index (χ3v) is 4.35. The van der Waals surface area contributed by atoms with Gasteiger partial charge in [0, 0.05) is 0 Å². The first-order valence-electron chi connectivity index (χ1n) is 6.72. The molecule has 0 nitrogen and oxygen atoms in total. The second kappa shape index (κ2) is 5.70. The molecule has 1 aliphatic carbocycles. The Morgan fingerprint density at radius 1 is 1.12 bits per heavy atom. The highest BCUT2D eigenvalue weighted by atomic mass is 14.3. The summed E-state index contributed by atoms with van der Waals surface area (Å²) in [5, 5.41) is 0.